The molecule has 2 aliphatic rings. The van der Waals surface area contributed by atoms with Crippen LogP contribution < -0.4 is 0 Å². The van der Waals surface area contributed by atoms with Gasteiger partial charge in [-0.25, -0.2) is 13.4 Å². The SMILES string of the molecule is CCc1cnccc1CN1CC2(C1)CN(S(=O)(=O)c1ccc(C(F)(F)F)nc1C)C2. The Morgan fingerprint density at radius 3 is 2.40 bits per heavy atom. The largest absolute Gasteiger partial charge is 0.433 e. The van der Waals surface area contributed by atoms with E-state index in [2.05, 4.69) is 21.8 Å². The van der Waals surface area contributed by atoms with E-state index in [9.17, 15) is 21.6 Å². The highest BCUT2D eigenvalue weighted by Gasteiger charge is 2.55. The zero-order valence-corrected chi connectivity index (χ0v) is 17.6. The minimum absolute atomic E-state index is 0.0697. The second-order valence-electron chi connectivity index (χ2n) is 8.19. The van der Waals surface area contributed by atoms with Crippen molar-refractivity contribution in [3.8, 4) is 0 Å². The lowest BCUT2D eigenvalue weighted by Gasteiger charge is -2.59. The van der Waals surface area contributed by atoms with Crippen LogP contribution in [0.1, 0.15) is 29.4 Å². The Morgan fingerprint density at radius 2 is 1.80 bits per heavy atom. The highest BCUT2D eigenvalue weighted by molar-refractivity contribution is 7.89. The fourth-order valence-corrected chi connectivity index (χ4v) is 6.20. The van der Waals surface area contributed by atoms with Gasteiger partial charge in [0.15, 0.2) is 0 Å². The number of halogens is 3. The summed E-state index contributed by atoms with van der Waals surface area (Å²) in [5.74, 6) is 0. The average molecular weight is 440 g/mol. The molecule has 10 heteroatoms. The molecule has 0 unspecified atom stereocenters. The summed E-state index contributed by atoms with van der Waals surface area (Å²) in [6.07, 6.45) is -0.0322. The number of nitrogens with zero attached hydrogens (tertiary/aromatic N) is 4. The number of pyridine rings is 2. The van der Waals surface area contributed by atoms with Crippen molar-refractivity contribution in [3.05, 3.63) is 53.1 Å². The Bertz CT molecular complexity index is 1060. The van der Waals surface area contributed by atoms with E-state index in [4.69, 9.17) is 0 Å². The second-order valence-corrected chi connectivity index (χ2v) is 10.1. The second kappa shape index (κ2) is 7.28. The number of aromatic nitrogens is 2. The lowest BCUT2D eigenvalue weighted by molar-refractivity contribution is -0.141. The predicted molar refractivity (Wildman–Crippen MR) is 104 cm³/mol. The van der Waals surface area contributed by atoms with Crippen LogP contribution in [0.5, 0.6) is 0 Å². The molecule has 0 saturated carbocycles. The van der Waals surface area contributed by atoms with Crippen LogP contribution in [0.25, 0.3) is 0 Å². The Labute approximate surface area is 173 Å². The van der Waals surface area contributed by atoms with Crippen LogP contribution >= 0.6 is 0 Å². The maximum atomic E-state index is 12.9. The molecule has 2 aliphatic heterocycles. The van der Waals surface area contributed by atoms with Gasteiger partial charge in [-0.2, -0.15) is 17.5 Å². The molecule has 0 amide bonds. The van der Waals surface area contributed by atoms with Crippen LogP contribution in [-0.2, 0) is 29.2 Å². The quantitative estimate of drug-likeness (QED) is 0.715. The topological polar surface area (TPSA) is 66.4 Å². The first kappa shape index (κ1) is 21.2. The van der Waals surface area contributed by atoms with Crippen LogP contribution in [-0.4, -0.2) is 53.8 Å². The van der Waals surface area contributed by atoms with Gasteiger partial charge in [-0.1, -0.05) is 6.92 Å². The summed E-state index contributed by atoms with van der Waals surface area (Å²) in [5, 5.41) is 0. The highest BCUT2D eigenvalue weighted by atomic mass is 32.2. The molecule has 2 aromatic heterocycles. The summed E-state index contributed by atoms with van der Waals surface area (Å²) in [6.45, 7) is 6.55. The predicted octanol–water partition coefficient (Wildman–Crippen LogP) is 2.87. The van der Waals surface area contributed by atoms with Gasteiger partial charge in [0.2, 0.25) is 10.0 Å². The Morgan fingerprint density at radius 1 is 1.10 bits per heavy atom. The van der Waals surface area contributed by atoms with E-state index < -0.39 is 21.9 Å². The summed E-state index contributed by atoms with van der Waals surface area (Å²) in [5.41, 5.74) is 1.15. The molecule has 0 aliphatic carbocycles. The molecule has 0 aromatic carbocycles. The van der Waals surface area contributed by atoms with Crippen molar-refractivity contribution in [1.82, 2.24) is 19.2 Å². The first-order valence-corrected chi connectivity index (χ1v) is 11.2. The lowest BCUT2D eigenvalue weighted by atomic mass is 9.74. The van der Waals surface area contributed by atoms with Gasteiger partial charge in [-0.3, -0.25) is 9.88 Å². The lowest BCUT2D eigenvalue weighted by Crippen LogP contribution is -2.72. The van der Waals surface area contributed by atoms with E-state index in [0.29, 0.717) is 13.1 Å². The molecule has 0 bridgehead atoms. The Kier molecular flexibility index (Phi) is 5.14. The third kappa shape index (κ3) is 3.72. The van der Waals surface area contributed by atoms with Gasteiger partial charge in [0, 0.05) is 50.5 Å². The molecule has 2 saturated heterocycles. The van der Waals surface area contributed by atoms with E-state index in [1.54, 1.807) is 6.20 Å². The van der Waals surface area contributed by atoms with Gasteiger partial charge < -0.3 is 0 Å². The van der Waals surface area contributed by atoms with Crippen molar-refractivity contribution in [2.24, 2.45) is 5.41 Å². The van der Waals surface area contributed by atoms with Crippen molar-refractivity contribution in [3.63, 3.8) is 0 Å². The van der Waals surface area contributed by atoms with Crippen molar-refractivity contribution in [2.45, 2.75) is 37.9 Å². The van der Waals surface area contributed by atoms with E-state index >= 15 is 0 Å². The number of sulfonamides is 1. The maximum absolute atomic E-state index is 12.9. The number of hydrogen-bond acceptors (Lipinski definition) is 5. The zero-order chi connectivity index (χ0) is 21.7. The summed E-state index contributed by atoms with van der Waals surface area (Å²) in [7, 11) is -3.85. The van der Waals surface area contributed by atoms with Crippen LogP contribution in [0.4, 0.5) is 13.2 Å². The molecule has 1 spiro atoms. The van der Waals surface area contributed by atoms with E-state index in [1.165, 1.54) is 22.4 Å². The average Bonchev–Trinajstić information content (AvgIpc) is 2.61. The van der Waals surface area contributed by atoms with Gasteiger partial charge >= 0.3 is 6.18 Å². The smallest absolute Gasteiger partial charge is 0.298 e. The first-order valence-electron chi connectivity index (χ1n) is 9.73. The summed E-state index contributed by atoms with van der Waals surface area (Å²) in [4.78, 5) is 9.73. The van der Waals surface area contributed by atoms with Crippen LogP contribution in [0.3, 0.4) is 0 Å². The first-order chi connectivity index (χ1) is 14.0. The molecule has 2 fully saturated rings. The molecule has 0 N–H and O–H groups in total. The van der Waals surface area contributed by atoms with Gasteiger partial charge in [0.1, 0.15) is 10.6 Å². The Hall–Kier alpha value is -2.04. The van der Waals surface area contributed by atoms with E-state index in [1.807, 2.05) is 12.3 Å². The Balaban J connectivity index is 1.39. The molecular weight excluding hydrogens is 417 g/mol. The van der Waals surface area contributed by atoms with Crippen LogP contribution in [0.2, 0.25) is 0 Å². The molecule has 0 atom stereocenters. The van der Waals surface area contributed by atoms with Crippen molar-refractivity contribution >= 4 is 10.0 Å². The number of alkyl halides is 3. The fourth-order valence-electron chi connectivity index (χ4n) is 4.37. The highest BCUT2D eigenvalue weighted by Crippen LogP contribution is 2.43. The fraction of sp³-hybridized carbons (Fsp3) is 0.500. The number of rotatable bonds is 5. The number of hydrogen-bond donors (Lipinski definition) is 0. The molecule has 30 heavy (non-hydrogen) atoms. The third-order valence-electron chi connectivity index (χ3n) is 5.87. The van der Waals surface area contributed by atoms with Gasteiger partial charge in [-0.15, -0.1) is 0 Å². The number of aryl methyl sites for hydroxylation is 2. The van der Waals surface area contributed by atoms with Crippen molar-refractivity contribution in [2.75, 3.05) is 26.2 Å². The molecule has 0 radical (unpaired) electrons. The minimum atomic E-state index is -4.60. The summed E-state index contributed by atoms with van der Waals surface area (Å²) < 4.78 is 65.5. The minimum Gasteiger partial charge on any atom is -0.298 e. The van der Waals surface area contributed by atoms with Gasteiger partial charge in [-0.05, 0) is 42.7 Å². The van der Waals surface area contributed by atoms with Crippen LogP contribution in [0.15, 0.2) is 35.5 Å². The molecule has 4 rings (SSSR count). The third-order valence-corrected chi connectivity index (χ3v) is 7.79. The van der Waals surface area contributed by atoms with Crippen molar-refractivity contribution in [1.29, 1.82) is 0 Å². The summed E-state index contributed by atoms with van der Waals surface area (Å²) in [6, 6.07) is 3.75. The van der Waals surface area contributed by atoms with Gasteiger partial charge in [0.05, 0.1) is 5.69 Å². The van der Waals surface area contributed by atoms with Gasteiger partial charge in [0.25, 0.3) is 0 Å². The monoisotopic (exact) mass is 440 g/mol. The van der Waals surface area contributed by atoms with E-state index in [-0.39, 0.29) is 16.0 Å². The standard InChI is InChI=1S/C20H23F3N4O2S/c1-3-15-8-24-7-6-16(15)9-26-10-19(11-26)12-27(13-19)30(28,29)17-4-5-18(20(21,22)23)25-14(17)2/h4-8H,3,9-13H2,1-2H3. The maximum Gasteiger partial charge on any atom is 0.433 e. The normalized spacial score (nSPS) is 19.5. The molecule has 2 aromatic rings. The van der Waals surface area contributed by atoms with Crippen LogP contribution in [0, 0.1) is 12.3 Å². The molecule has 4 heterocycles. The zero-order valence-electron chi connectivity index (χ0n) is 16.8. The molecule has 6 nitrogen and oxygen atoms in total. The van der Waals surface area contributed by atoms with Crippen molar-refractivity contribution < 1.29 is 21.6 Å². The summed E-state index contributed by atoms with van der Waals surface area (Å²) >= 11 is 0. The molecule has 162 valence electrons. The van der Waals surface area contributed by atoms with E-state index in [0.717, 1.165) is 38.2 Å². The molecular formula is C20H23F3N4O2S. The number of likely N-dealkylation sites (tertiary alicyclic amines) is 1.